The van der Waals surface area contributed by atoms with Crippen molar-refractivity contribution in [2.45, 2.75) is 19.3 Å². The minimum absolute atomic E-state index is 0.0587. The van der Waals surface area contributed by atoms with E-state index in [1.165, 1.54) is 18.2 Å². The van der Waals surface area contributed by atoms with E-state index in [9.17, 15) is 14.0 Å². The van der Waals surface area contributed by atoms with Gasteiger partial charge in [0.2, 0.25) is 11.8 Å². The minimum Gasteiger partial charge on any atom is -0.355 e. The minimum atomic E-state index is -0.610. The SMILES string of the molecule is CCSCCNC(=O)[C@H]1CC(=O)Nc2ccc(F)cc21. The first kappa shape index (κ1) is 14.8. The number of hydrogen-bond acceptors (Lipinski definition) is 3. The molecule has 2 N–H and O–H groups in total. The molecule has 1 aliphatic rings. The third-order valence-electron chi connectivity index (χ3n) is 3.12. The Hall–Kier alpha value is -1.56. The van der Waals surface area contributed by atoms with Gasteiger partial charge in [-0.2, -0.15) is 11.8 Å². The molecule has 20 heavy (non-hydrogen) atoms. The molecule has 1 atom stereocenters. The van der Waals surface area contributed by atoms with Crippen molar-refractivity contribution < 1.29 is 14.0 Å². The van der Waals surface area contributed by atoms with Crippen LogP contribution < -0.4 is 10.6 Å². The molecule has 1 aromatic rings. The van der Waals surface area contributed by atoms with Crippen LogP contribution in [0.2, 0.25) is 0 Å². The van der Waals surface area contributed by atoms with Crippen LogP contribution in [0.1, 0.15) is 24.8 Å². The Morgan fingerprint density at radius 2 is 2.35 bits per heavy atom. The number of rotatable bonds is 5. The van der Waals surface area contributed by atoms with Crippen LogP contribution in [0.25, 0.3) is 0 Å². The average Bonchev–Trinajstić information content (AvgIpc) is 2.43. The first-order valence-electron chi connectivity index (χ1n) is 6.56. The molecule has 108 valence electrons. The molecule has 0 spiro atoms. The molecule has 0 bridgehead atoms. The number of nitrogens with one attached hydrogen (secondary N) is 2. The molecule has 0 saturated heterocycles. The Morgan fingerprint density at radius 3 is 3.10 bits per heavy atom. The molecule has 0 radical (unpaired) electrons. The first-order valence-corrected chi connectivity index (χ1v) is 7.72. The van der Waals surface area contributed by atoms with Gasteiger partial charge in [0.25, 0.3) is 0 Å². The Labute approximate surface area is 121 Å². The Kier molecular flexibility index (Phi) is 5.00. The smallest absolute Gasteiger partial charge is 0.228 e. The molecule has 0 unspecified atom stereocenters. The van der Waals surface area contributed by atoms with E-state index in [0.29, 0.717) is 17.8 Å². The maximum absolute atomic E-state index is 13.3. The number of amides is 2. The lowest BCUT2D eigenvalue weighted by molar-refractivity contribution is -0.126. The zero-order chi connectivity index (χ0) is 14.5. The number of halogens is 1. The van der Waals surface area contributed by atoms with Crippen molar-refractivity contribution in [1.29, 1.82) is 0 Å². The van der Waals surface area contributed by atoms with Crippen molar-refractivity contribution in [3.63, 3.8) is 0 Å². The largest absolute Gasteiger partial charge is 0.355 e. The third kappa shape index (κ3) is 3.50. The number of benzene rings is 1. The van der Waals surface area contributed by atoms with Crippen molar-refractivity contribution in [2.24, 2.45) is 0 Å². The van der Waals surface area contributed by atoms with Gasteiger partial charge in [-0.25, -0.2) is 4.39 Å². The van der Waals surface area contributed by atoms with E-state index in [0.717, 1.165) is 11.5 Å². The fourth-order valence-electron chi connectivity index (χ4n) is 2.18. The van der Waals surface area contributed by atoms with Gasteiger partial charge in [0.05, 0.1) is 5.92 Å². The van der Waals surface area contributed by atoms with Crippen molar-refractivity contribution in [3.8, 4) is 0 Å². The topological polar surface area (TPSA) is 58.2 Å². The van der Waals surface area contributed by atoms with E-state index in [1.807, 2.05) is 0 Å². The lowest BCUT2D eigenvalue weighted by Crippen LogP contribution is -2.36. The van der Waals surface area contributed by atoms with Crippen molar-refractivity contribution in [3.05, 3.63) is 29.6 Å². The Balaban J connectivity index is 2.10. The summed E-state index contributed by atoms with van der Waals surface area (Å²) in [4.78, 5) is 23.8. The number of fused-ring (bicyclic) bond motifs is 1. The van der Waals surface area contributed by atoms with Gasteiger partial charge in [-0.05, 0) is 29.5 Å². The van der Waals surface area contributed by atoms with Crippen LogP contribution in [-0.4, -0.2) is 29.9 Å². The second kappa shape index (κ2) is 6.74. The monoisotopic (exact) mass is 296 g/mol. The second-order valence-electron chi connectivity index (χ2n) is 4.52. The molecule has 0 fully saturated rings. The molecule has 0 aromatic heterocycles. The van der Waals surface area contributed by atoms with Crippen LogP contribution in [-0.2, 0) is 9.59 Å². The molecular formula is C14H17FN2O2S. The van der Waals surface area contributed by atoms with Gasteiger partial charge in [0.1, 0.15) is 5.82 Å². The second-order valence-corrected chi connectivity index (χ2v) is 5.92. The van der Waals surface area contributed by atoms with E-state index in [1.54, 1.807) is 11.8 Å². The van der Waals surface area contributed by atoms with E-state index < -0.39 is 11.7 Å². The molecule has 2 amide bonds. The van der Waals surface area contributed by atoms with Gasteiger partial charge in [-0.3, -0.25) is 9.59 Å². The highest BCUT2D eigenvalue weighted by molar-refractivity contribution is 7.99. The maximum Gasteiger partial charge on any atom is 0.228 e. The van der Waals surface area contributed by atoms with Crippen LogP contribution in [0, 0.1) is 5.82 Å². The summed E-state index contributed by atoms with van der Waals surface area (Å²) in [7, 11) is 0. The van der Waals surface area contributed by atoms with Crippen LogP contribution in [0.5, 0.6) is 0 Å². The summed E-state index contributed by atoms with van der Waals surface area (Å²) in [5, 5.41) is 5.46. The van der Waals surface area contributed by atoms with Gasteiger partial charge in [0.15, 0.2) is 0 Å². The molecule has 0 aliphatic carbocycles. The highest BCUT2D eigenvalue weighted by Crippen LogP contribution is 2.32. The molecule has 4 nitrogen and oxygen atoms in total. The molecule has 0 saturated carbocycles. The van der Waals surface area contributed by atoms with Crippen LogP contribution in [0.4, 0.5) is 10.1 Å². The van der Waals surface area contributed by atoms with Crippen LogP contribution in [0.15, 0.2) is 18.2 Å². The first-order chi connectivity index (χ1) is 9.61. The normalized spacial score (nSPS) is 17.3. The zero-order valence-corrected chi connectivity index (χ0v) is 12.1. The molecular weight excluding hydrogens is 279 g/mol. The zero-order valence-electron chi connectivity index (χ0n) is 11.2. The quantitative estimate of drug-likeness (QED) is 0.818. The van der Waals surface area contributed by atoms with Crippen molar-refractivity contribution >= 4 is 29.3 Å². The van der Waals surface area contributed by atoms with Gasteiger partial charge < -0.3 is 10.6 Å². The summed E-state index contributed by atoms with van der Waals surface area (Å²) in [6.07, 6.45) is 0.0587. The van der Waals surface area contributed by atoms with E-state index >= 15 is 0 Å². The van der Waals surface area contributed by atoms with Gasteiger partial charge in [-0.15, -0.1) is 0 Å². The maximum atomic E-state index is 13.3. The number of anilines is 1. The number of hydrogen-bond donors (Lipinski definition) is 2. The van der Waals surface area contributed by atoms with Gasteiger partial charge in [-0.1, -0.05) is 6.92 Å². The summed E-state index contributed by atoms with van der Waals surface area (Å²) in [6.45, 7) is 2.61. The van der Waals surface area contributed by atoms with Gasteiger partial charge in [0, 0.05) is 24.4 Å². The molecule has 1 aromatic carbocycles. The van der Waals surface area contributed by atoms with Gasteiger partial charge >= 0.3 is 0 Å². The molecule has 2 rings (SSSR count). The predicted octanol–water partition coefficient (Wildman–Crippen LogP) is 2.12. The van der Waals surface area contributed by atoms with E-state index in [4.69, 9.17) is 0 Å². The lowest BCUT2D eigenvalue weighted by Gasteiger charge is -2.24. The van der Waals surface area contributed by atoms with Crippen molar-refractivity contribution in [1.82, 2.24) is 5.32 Å². The standard InChI is InChI=1S/C14H17FN2O2S/c1-2-20-6-5-16-14(19)11-8-13(18)17-12-4-3-9(15)7-10(11)12/h3-4,7,11H,2,5-6,8H2,1H3,(H,16,19)(H,17,18)/t11-/m0/s1. The Morgan fingerprint density at radius 1 is 1.55 bits per heavy atom. The number of carbonyl (C=O) groups is 2. The number of thioether (sulfide) groups is 1. The predicted molar refractivity (Wildman–Crippen MR) is 78.4 cm³/mol. The van der Waals surface area contributed by atoms with Crippen molar-refractivity contribution in [2.75, 3.05) is 23.4 Å². The van der Waals surface area contributed by atoms with E-state index in [2.05, 4.69) is 17.6 Å². The van der Waals surface area contributed by atoms with Crippen LogP contribution >= 0.6 is 11.8 Å². The molecule has 1 heterocycles. The summed E-state index contributed by atoms with van der Waals surface area (Å²) >= 11 is 1.73. The van der Waals surface area contributed by atoms with E-state index in [-0.39, 0.29) is 18.2 Å². The highest BCUT2D eigenvalue weighted by atomic mass is 32.2. The molecule has 1 aliphatic heterocycles. The summed E-state index contributed by atoms with van der Waals surface area (Å²) in [6, 6.07) is 4.09. The average molecular weight is 296 g/mol. The lowest BCUT2D eigenvalue weighted by atomic mass is 9.89. The fourth-order valence-corrected chi connectivity index (χ4v) is 2.72. The van der Waals surface area contributed by atoms with Crippen LogP contribution in [0.3, 0.4) is 0 Å². The summed E-state index contributed by atoms with van der Waals surface area (Å²) in [5.74, 6) is 0.378. The number of carbonyl (C=O) groups excluding carboxylic acids is 2. The summed E-state index contributed by atoms with van der Waals surface area (Å²) < 4.78 is 13.3. The highest BCUT2D eigenvalue weighted by Gasteiger charge is 2.30. The third-order valence-corrected chi connectivity index (χ3v) is 4.02. The fraction of sp³-hybridized carbons (Fsp3) is 0.429. The Bertz CT molecular complexity index is 522. The molecule has 6 heteroatoms. The summed E-state index contributed by atoms with van der Waals surface area (Å²) in [5.41, 5.74) is 1.07.